The number of carbonyl (C=O) groups excluding carboxylic acids is 8. The molecule has 0 saturated carbocycles. The van der Waals surface area contributed by atoms with Crippen molar-refractivity contribution in [2.45, 2.75) is 151 Å². The number of carbonyl (C=O) groups is 8. The molecule has 0 atom stereocenters. The topological polar surface area (TPSA) is 150 Å². The Bertz CT molecular complexity index is 4910. The van der Waals surface area contributed by atoms with Crippen molar-refractivity contribution < 1.29 is 38.4 Å². The first kappa shape index (κ1) is 57.8. The summed E-state index contributed by atoms with van der Waals surface area (Å²) in [6.07, 6.45) is 11.5. The number of fused-ring (bicyclic) bond motifs is 4. The Morgan fingerprint density at radius 3 is 0.830 bits per heavy atom. The van der Waals surface area contributed by atoms with Crippen LogP contribution in [0.1, 0.15) is 201 Å². The second-order valence-electron chi connectivity index (χ2n) is 25.1. The quantitative estimate of drug-likeness (QED) is 0.0386. The summed E-state index contributed by atoms with van der Waals surface area (Å²) in [6, 6.07) is 25.4. The molecule has 4 aliphatic rings. The molecule has 0 saturated heterocycles. The fraction of sp³-hybridized carbons (Fsp3) is 0.307. The van der Waals surface area contributed by atoms with Crippen LogP contribution in [0.3, 0.4) is 0 Å². The Kier molecular flexibility index (Phi) is 13.8. The summed E-state index contributed by atoms with van der Waals surface area (Å²) in [5.41, 5.74) is 8.78. The van der Waals surface area contributed by atoms with Crippen molar-refractivity contribution >= 4 is 142 Å². The van der Waals surface area contributed by atoms with E-state index in [1.54, 1.807) is 18.2 Å². The lowest BCUT2D eigenvalue weighted by molar-refractivity contribution is 0.0514. The summed E-state index contributed by atoms with van der Waals surface area (Å²) in [7, 11) is -1.83. The van der Waals surface area contributed by atoms with Crippen LogP contribution >= 0.6 is 0 Å². The zero-order chi connectivity index (χ0) is 62.4. The molecule has 8 amide bonds. The highest BCUT2D eigenvalue weighted by atomic mass is 28.3. The molecule has 0 bridgehead atoms. The van der Waals surface area contributed by atoms with Crippen LogP contribution in [0.2, 0.25) is 19.6 Å². The van der Waals surface area contributed by atoms with Crippen LogP contribution in [-0.2, 0) is 0 Å². The van der Waals surface area contributed by atoms with Crippen LogP contribution < -0.4 is 0 Å². The van der Waals surface area contributed by atoms with Crippen molar-refractivity contribution in [2.24, 2.45) is 0 Å². The molecule has 0 aromatic heterocycles. The fourth-order valence-corrected chi connectivity index (χ4v) is 15.7. The number of rotatable bonds is 12. The maximum Gasteiger partial charge on any atom is 0.261 e. The first-order valence-corrected chi connectivity index (χ1v) is 34.8. The fourth-order valence-electron chi connectivity index (χ4n) is 15.2. The maximum atomic E-state index is 14.2. The first-order chi connectivity index (χ1) is 42.3. The molecule has 0 unspecified atom stereocenters. The minimum absolute atomic E-state index is 0.176. The van der Waals surface area contributed by atoms with Gasteiger partial charge in [0.2, 0.25) is 0 Å². The second-order valence-corrected chi connectivity index (χ2v) is 29.9. The minimum Gasteiger partial charge on any atom is -0.271 e. The third-order valence-corrected chi connectivity index (χ3v) is 20.4. The standard InChI is InChI=1S/C39H38N2O4Si.C36H30N2O4/c1-8-22(9-2)40-36(42)27-15-12-24-25-13-16-29-34-30(39(45)41(38(29)44)23(10-3)11-4)20-21(18-19-46(5,6)7)31(35(25)34)26-14-17-28(37(40)43)33(27)32(24)26;1-6-18-17-27-31-26(35(41)38(36(27)42)20(9-4)10-5)15-12-22-21-11-14-24-30-25(16-13-23(29(21)30)28(18)32(22)31)34(40)37(33(24)39)19(7-2)8-3/h12-17,20,22-23H,8-11H2,1-7H3;1,11-17,19-20H,7-10H2,2-5H3. The largest absolute Gasteiger partial charge is 0.271 e. The molecule has 12 nitrogen and oxygen atoms in total. The van der Waals surface area contributed by atoms with Crippen molar-refractivity contribution in [1.82, 2.24) is 19.6 Å². The van der Waals surface area contributed by atoms with E-state index in [-0.39, 0.29) is 71.4 Å². The number of nitrogens with zero attached hydrogens (tertiary/aromatic N) is 4. The molecule has 0 N–H and O–H groups in total. The van der Waals surface area contributed by atoms with Gasteiger partial charge in [-0.25, -0.2) is 0 Å². The predicted molar refractivity (Wildman–Crippen MR) is 353 cm³/mol. The van der Waals surface area contributed by atoms with Crippen molar-refractivity contribution in [2.75, 3.05) is 0 Å². The summed E-state index contributed by atoms with van der Waals surface area (Å²) in [6.45, 7) is 22.5. The lowest BCUT2D eigenvalue weighted by atomic mass is 9.80. The number of hydrogen-bond acceptors (Lipinski definition) is 8. The molecule has 10 aromatic rings. The van der Waals surface area contributed by atoms with Gasteiger partial charge in [-0.05, 0) is 143 Å². The third kappa shape index (κ3) is 7.84. The van der Waals surface area contributed by atoms with Crippen LogP contribution in [0.15, 0.2) is 84.9 Å². The highest BCUT2D eigenvalue weighted by molar-refractivity contribution is 6.84. The monoisotopic (exact) mass is 1180 g/mol. The maximum absolute atomic E-state index is 14.2. The van der Waals surface area contributed by atoms with Gasteiger partial charge in [0, 0.05) is 123 Å². The van der Waals surface area contributed by atoms with Crippen LogP contribution in [0, 0.1) is 23.8 Å². The summed E-state index contributed by atoms with van der Waals surface area (Å²) in [5.74, 6) is 4.04. The lowest BCUT2D eigenvalue weighted by Gasteiger charge is -2.34. The molecule has 4 aliphatic heterocycles. The Morgan fingerprint density at radius 1 is 0.318 bits per heavy atom. The van der Waals surface area contributed by atoms with E-state index in [9.17, 15) is 38.4 Å². The van der Waals surface area contributed by atoms with Gasteiger partial charge in [-0.2, -0.15) is 0 Å². The summed E-state index contributed by atoms with van der Waals surface area (Å²) in [5, 5.41) is 12.6. The Balaban J connectivity index is 0.000000163. The van der Waals surface area contributed by atoms with E-state index in [0.717, 1.165) is 70.2 Å². The van der Waals surface area contributed by atoms with Crippen molar-refractivity contribution in [3.63, 3.8) is 0 Å². The summed E-state index contributed by atoms with van der Waals surface area (Å²) in [4.78, 5) is 117. The highest BCUT2D eigenvalue weighted by Crippen LogP contribution is 2.50. The Hall–Kier alpha value is -9.30. The smallest absolute Gasteiger partial charge is 0.261 e. The highest BCUT2D eigenvalue weighted by Gasteiger charge is 2.43. The molecule has 13 heteroatoms. The molecular weight excluding hydrogens is 1110 g/mol. The molecule has 0 radical (unpaired) electrons. The van der Waals surface area contributed by atoms with E-state index in [4.69, 9.17) is 6.42 Å². The van der Waals surface area contributed by atoms with Gasteiger partial charge in [0.05, 0.1) is 0 Å². The second kappa shape index (κ2) is 21.0. The van der Waals surface area contributed by atoms with Gasteiger partial charge in [-0.1, -0.05) is 123 Å². The summed E-state index contributed by atoms with van der Waals surface area (Å²) < 4.78 is 0. The van der Waals surface area contributed by atoms with Crippen LogP contribution in [0.25, 0.3) is 86.2 Å². The van der Waals surface area contributed by atoms with E-state index in [0.29, 0.717) is 123 Å². The van der Waals surface area contributed by atoms with Gasteiger partial charge in [0.1, 0.15) is 8.07 Å². The van der Waals surface area contributed by atoms with Gasteiger partial charge in [-0.3, -0.25) is 58.0 Å². The molecule has 88 heavy (non-hydrogen) atoms. The van der Waals surface area contributed by atoms with E-state index < -0.39 is 8.07 Å². The SMILES string of the molecule is C#Cc1cc2c3c(ccc4c5ccc6c7c(ccc(c1c34)c75)C(=O)N(C(CC)CC)C6=O)C(=O)N(C(CC)CC)C2=O.CCC(CC)N1C(=O)c2ccc3c4ccc5c6c(cc(C#C[Si](C)(C)C)c(c7ccc(c2c37)C1=O)c64)C(=O)N(C(CC)CC)C5=O. The predicted octanol–water partition coefficient (Wildman–Crippen LogP) is 15.8. The number of amides is 8. The first-order valence-electron chi connectivity index (χ1n) is 31.3. The summed E-state index contributed by atoms with van der Waals surface area (Å²) >= 11 is 0. The van der Waals surface area contributed by atoms with Crippen LogP contribution in [0.4, 0.5) is 0 Å². The molecule has 0 spiro atoms. The van der Waals surface area contributed by atoms with E-state index >= 15 is 0 Å². The third-order valence-electron chi connectivity index (χ3n) is 19.6. The Labute approximate surface area is 511 Å². The molecule has 440 valence electrons. The average Bonchev–Trinajstić information content (AvgIpc) is 0.724. The number of benzene rings is 10. The van der Waals surface area contributed by atoms with Crippen LogP contribution in [-0.4, -0.2) is 99.1 Å². The van der Waals surface area contributed by atoms with Gasteiger partial charge < -0.3 is 0 Å². The molecule has 14 rings (SSSR count). The van der Waals surface area contributed by atoms with Gasteiger partial charge >= 0.3 is 0 Å². The van der Waals surface area contributed by atoms with Gasteiger partial charge in [0.15, 0.2) is 0 Å². The molecule has 4 heterocycles. The normalized spacial score (nSPS) is 15.1. The number of imide groups is 4. The van der Waals surface area contributed by atoms with Crippen LogP contribution in [0.5, 0.6) is 0 Å². The van der Waals surface area contributed by atoms with Crippen molar-refractivity contribution in [1.29, 1.82) is 0 Å². The van der Waals surface area contributed by atoms with Crippen molar-refractivity contribution in [3.8, 4) is 23.8 Å². The average molecular weight is 1180 g/mol. The molecular formula is C75H68N4O8Si. The minimum atomic E-state index is -1.83. The Morgan fingerprint density at radius 2 is 0.557 bits per heavy atom. The van der Waals surface area contributed by atoms with E-state index in [2.05, 4.69) is 37.0 Å². The zero-order valence-corrected chi connectivity index (χ0v) is 52.7. The van der Waals surface area contributed by atoms with E-state index in [1.807, 2.05) is 122 Å². The molecule has 0 aliphatic carbocycles. The van der Waals surface area contributed by atoms with Gasteiger partial charge in [0.25, 0.3) is 47.3 Å². The number of terminal acetylenes is 1. The lowest BCUT2D eigenvalue weighted by Crippen LogP contribution is -2.46. The zero-order valence-electron chi connectivity index (χ0n) is 51.7. The van der Waals surface area contributed by atoms with E-state index in [1.165, 1.54) is 19.6 Å². The van der Waals surface area contributed by atoms with Crippen molar-refractivity contribution in [3.05, 3.63) is 141 Å². The molecule has 0 fully saturated rings. The van der Waals surface area contributed by atoms with Gasteiger partial charge in [-0.15, -0.1) is 12.0 Å². The molecule has 10 aromatic carbocycles. The number of hydrogen-bond donors (Lipinski definition) is 0.